The third-order valence-corrected chi connectivity index (χ3v) is 4.79. The van der Waals surface area contributed by atoms with Crippen LogP contribution in [0, 0.1) is 12.8 Å². The Morgan fingerprint density at radius 2 is 2.00 bits per heavy atom. The van der Waals surface area contributed by atoms with E-state index in [2.05, 4.69) is 54.5 Å². The van der Waals surface area contributed by atoms with Gasteiger partial charge in [-0.05, 0) is 38.2 Å². The summed E-state index contributed by atoms with van der Waals surface area (Å²) in [6.45, 7) is 4.33. The fourth-order valence-electron chi connectivity index (χ4n) is 2.51. The fraction of sp³-hybridized carbons (Fsp3) is 0.438. The Balaban J connectivity index is 1.75. The molecule has 1 aromatic carbocycles. The summed E-state index contributed by atoms with van der Waals surface area (Å²) in [4.78, 5) is 5.78. The summed E-state index contributed by atoms with van der Waals surface area (Å²) in [6, 6.07) is 11.6. The first-order valence-corrected chi connectivity index (χ1v) is 7.79. The molecule has 2 atom stereocenters. The lowest BCUT2D eigenvalue weighted by Gasteiger charge is -2.22. The van der Waals surface area contributed by atoms with Crippen LogP contribution in [0.25, 0.3) is 0 Å². The summed E-state index contributed by atoms with van der Waals surface area (Å²) < 4.78 is 0. The molecule has 2 unspecified atom stereocenters. The van der Waals surface area contributed by atoms with Gasteiger partial charge in [0.15, 0.2) is 0 Å². The van der Waals surface area contributed by atoms with Crippen LogP contribution < -0.4 is 5.32 Å². The normalized spacial score (nSPS) is 18.2. The van der Waals surface area contributed by atoms with E-state index in [0.29, 0.717) is 12.1 Å². The third kappa shape index (κ3) is 3.04. The fourth-order valence-corrected chi connectivity index (χ4v) is 3.29. The van der Waals surface area contributed by atoms with Gasteiger partial charge in [-0.15, -0.1) is 11.3 Å². The van der Waals surface area contributed by atoms with E-state index < -0.39 is 0 Å². The molecule has 2 nitrogen and oxygen atoms in total. The van der Waals surface area contributed by atoms with Crippen LogP contribution in [-0.4, -0.2) is 4.98 Å². The Labute approximate surface area is 118 Å². The largest absolute Gasteiger partial charge is 0.301 e. The second-order valence-electron chi connectivity index (χ2n) is 5.42. The molecule has 100 valence electrons. The molecule has 1 N–H and O–H groups in total. The van der Waals surface area contributed by atoms with Gasteiger partial charge in [-0.1, -0.05) is 30.3 Å². The standard InChI is InChI=1S/C16H20N2S/c1-11-10-17-16(19-11)12(2)18-15(14-8-9-14)13-6-4-3-5-7-13/h3-7,10,12,14-15,18H,8-9H2,1-2H3. The summed E-state index contributed by atoms with van der Waals surface area (Å²) in [6.07, 6.45) is 4.65. The molecule has 2 aromatic rings. The molecule has 1 saturated carbocycles. The smallest absolute Gasteiger partial charge is 0.109 e. The number of hydrogen-bond acceptors (Lipinski definition) is 3. The maximum Gasteiger partial charge on any atom is 0.109 e. The number of rotatable bonds is 5. The van der Waals surface area contributed by atoms with E-state index in [9.17, 15) is 0 Å². The Morgan fingerprint density at radius 1 is 1.26 bits per heavy atom. The first-order chi connectivity index (χ1) is 9.24. The van der Waals surface area contributed by atoms with Crippen molar-refractivity contribution in [3.8, 4) is 0 Å². The van der Waals surface area contributed by atoms with Crippen molar-refractivity contribution in [3.05, 3.63) is 52.0 Å². The molecule has 0 radical (unpaired) electrons. The van der Waals surface area contributed by atoms with Crippen molar-refractivity contribution < 1.29 is 0 Å². The Morgan fingerprint density at radius 3 is 2.58 bits per heavy atom. The van der Waals surface area contributed by atoms with Crippen LogP contribution in [0.15, 0.2) is 36.5 Å². The number of nitrogens with zero attached hydrogens (tertiary/aromatic N) is 1. The molecule has 1 aliphatic rings. The summed E-state index contributed by atoms with van der Waals surface area (Å²) in [7, 11) is 0. The molecule has 3 rings (SSSR count). The average molecular weight is 272 g/mol. The molecular formula is C16H20N2S. The van der Waals surface area contributed by atoms with E-state index in [0.717, 1.165) is 5.92 Å². The number of hydrogen-bond donors (Lipinski definition) is 1. The van der Waals surface area contributed by atoms with Crippen molar-refractivity contribution in [2.75, 3.05) is 0 Å². The Kier molecular flexibility index (Phi) is 3.67. The number of aryl methyl sites for hydroxylation is 1. The van der Waals surface area contributed by atoms with Gasteiger partial charge < -0.3 is 5.32 Å². The van der Waals surface area contributed by atoms with Crippen molar-refractivity contribution in [1.82, 2.24) is 10.3 Å². The van der Waals surface area contributed by atoms with Crippen LogP contribution in [0.1, 0.15) is 47.3 Å². The highest BCUT2D eigenvalue weighted by Crippen LogP contribution is 2.42. The molecule has 0 saturated heterocycles. The van der Waals surface area contributed by atoms with Crippen LogP contribution in [0.3, 0.4) is 0 Å². The lowest BCUT2D eigenvalue weighted by atomic mass is 10.0. The van der Waals surface area contributed by atoms with E-state index in [1.54, 1.807) is 11.3 Å². The molecule has 0 amide bonds. The summed E-state index contributed by atoms with van der Waals surface area (Å²) in [5.41, 5.74) is 1.41. The van der Waals surface area contributed by atoms with E-state index in [4.69, 9.17) is 0 Å². The van der Waals surface area contributed by atoms with Crippen LogP contribution in [0.2, 0.25) is 0 Å². The number of nitrogens with one attached hydrogen (secondary N) is 1. The molecule has 0 aliphatic heterocycles. The second kappa shape index (κ2) is 5.43. The predicted octanol–water partition coefficient (Wildman–Crippen LogP) is 4.25. The van der Waals surface area contributed by atoms with Gasteiger partial charge in [0.2, 0.25) is 0 Å². The van der Waals surface area contributed by atoms with Crippen molar-refractivity contribution in [2.24, 2.45) is 5.92 Å². The van der Waals surface area contributed by atoms with Crippen molar-refractivity contribution in [3.63, 3.8) is 0 Å². The van der Waals surface area contributed by atoms with E-state index in [1.165, 1.54) is 28.3 Å². The molecule has 0 bridgehead atoms. The van der Waals surface area contributed by atoms with E-state index in [1.807, 2.05) is 6.20 Å². The molecule has 1 fully saturated rings. The maximum atomic E-state index is 4.50. The van der Waals surface area contributed by atoms with E-state index in [-0.39, 0.29) is 0 Å². The maximum absolute atomic E-state index is 4.50. The van der Waals surface area contributed by atoms with E-state index >= 15 is 0 Å². The topological polar surface area (TPSA) is 24.9 Å². The summed E-state index contributed by atoms with van der Waals surface area (Å²) in [5, 5.41) is 4.97. The summed E-state index contributed by atoms with van der Waals surface area (Å²) in [5.74, 6) is 0.797. The Bertz CT molecular complexity index is 531. The Hall–Kier alpha value is -1.19. The van der Waals surface area contributed by atoms with Crippen LogP contribution >= 0.6 is 11.3 Å². The predicted molar refractivity (Wildman–Crippen MR) is 80.3 cm³/mol. The molecule has 1 heterocycles. The zero-order valence-corrected chi connectivity index (χ0v) is 12.3. The SMILES string of the molecule is Cc1cnc(C(C)NC(c2ccccc2)C2CC2)s1. The van der Waals surface area contributed by atoms with Gasteiger partial charge in [0, 0.05) is 17.1 Å². The van der Waals surface area contributed by atoms with Crippen LogP contribution in [0.4, 0.5) is 0 Å². The summed E-state index contributed by atoms with van der Waals surface area (Å²) >= 11 is 1.79. The molecule has 1 aromatic heterocycles. The minimum Gasteiger partial charge on any atom is -0.301 e. The van der Waals surface area contributed by atoms with Gasteiger partial charge in [0.05, 0.1) is 6.04 Å². The van der Waals surface area contributed by atoms with Crippen LogP contribution in [-0.2, 0) is 0 Å². The molecule has 1 aliphatic carbocycles. The van der Waals surface area contributed by atoms with Gasteiger partial charge in [-0.3, -0.25) is 0 Å². The van der Waals surface area contributed by atoms with Crippen LogP contribution in [0.5, 0.6) is 0 Å². The molecule has 3 heteroatoms. The van der Waals surface area contributed by atoms with Crippen molar-refractivity contribution in [2.45, 2.75) is 38.8 Å². The van der Waals surface area contributed by atoms with Crippen molar-refractivity contribution >= 4 is 11.3 Å². The monoisotopic (exact) mass is 272 g/mol. The van der Waals surface area contributed by atoms with Gasteiger partial charge in [-0.25, -0.2) is 4.98 Å². The van der Waals surface area contributed by atoms with Gasteiger partial charge in [0.1, 0.15) is 5.01 Å². The molecule has 19 heavy (non-hydrogen) atoms. The molecular weight excluding hydrogens is 252 g/mol. The number of thiazole rings is 1. The second-order valence-corrected chi connectivity index (χ2v) is 6.69. The third-order valence-electron chi connectivity index (χ3n) is 3.69. The van der Waals surface area contributed by atoms with Crippen molar-refractivity contribution in [1.29, 1.82) is 0 Å². The zero-order valence-electron chi connectivity index (χ0n) is 11.5. The molecule has 0 spiro atoms. The first-order valence-electron chi connectivity index (χ1n) is 6.97. The quantitative estimate of drug-likeness (QED) is 0.880. The lowest BCUT2D eigenvalue weighted by Crippen LogP contribution is -2.26. The highest BCUT2D eigenvalue weighted by molar-refractivity contribution is 7.11. The highest BCUT2D eigenvalue weighted by atomic mass is 32.1. The zero-order chi connectivity index (χ0) is 13.2. The highest BCUT2D eigenvalue weighted by Gasteiger charge is 2.33. The lowest BCUT2D eigenvalue weighted by molar-refractivity contribution is 0.426. The van der Waals surface area contributed by atoms with Gasteiger partial charge in [-0.2, -0.15) is 0 Å². The van der Waals surface area contributed by atoms with Gasteiger partial charge in [0.25, 0.3) is 0 Å². The minimum atomic E-state index is 0.324. The number of benzene rings is 1. The first kappa shape index (κ1) is 12.8. The average Bonchev–Trinajstić information content (AvgIpc) is 3.18. The minimum absolute atomic E-state index is 0.324. The van der Waals surface area contributed by atoms with Gasteiger partial charge >= 0.3 is 0 Å². The number of aromatic nitrogens is 1.